The summed E-state index contributed by atoms with van der Waals surface area (Å²) in [5.41, 5.74) is 8.86. The zero-order chi connectivity index (χ0) is 23.5. The van der Waals surface area contributed by atoms with E-state index >= 15 is 0 Å². The second kappa shape index (κ2) is 9.25. The lowest BCUT2D eigenvalue weighted by Crippen LogP contribution is -2.21. The minimum absolute atomic E-state index is 0.197. The molecule has 0 amide bonds. The van der Waals surface area contributed by atoms with Gasteiger partial charge in [-0.2, -0.15) is 18.2 Å². The lowest BCUT2D eigenvalue weighted by molar-refractivity contribution is -0.192. The van der Waals surface area contributed by atoms with Gasteiger partial charge in [-0.25, -0.2) is 14.2 Å². The van der Waals surface area contributed by atoms with E-state index in [1.54, 1.807) is 13.1 Å². The van der Waals surface area contributed by atoms with Gasteiger partial charge in [0.25, 0.3) is 0 Å². The van der Waals surface area contributed by atoms with Crippen molar-refractivity contribution >= 4 is 34.3 Å². The van der Waals surface area contributed by atoms with Gasteiger partial charge in [0.2, 0.25) is 5.95 Å². The summed E-state index contributed by atoms with van der Waals surface area (Å²) in [7, 11) is 1.79. The number of halogens is 4. The molecule has 0 unspecified atom stereocenters. The van der Waals surface area contributed by atoms with Gasteiger partial charge in [-0.15, -0.1) is 0 Å². The highest BCUT2D eigenvalue weighted by Gasteiger charge is 2.38. The lowest BCUT2D eigenvalue weighted by Gasteiger charge is -2.22. The Balaban J connectivity index is 0.000000360. The molecule has 0 aliphatic carbocycles. The third-order valence-electron chi connectivity index (χ3n) is 4.92. The van der Waals surface area contributed by atoms with Crippen molar-refractivity contribution < 1.29 is 27.5 Å². The molecule has 0 atom stereocenters. The summed E-state index contributed by atoms with van der Waals surface area (Å²) in [5.74, 6) is -2.11. The fourth-order valence-corrected chi connectivity index (χ4v) is 3.51. The van der Waals surface area contributed by atoms with Crippen LogP contribution in [-0.2, 0) is 4.79 Å². The molecule has 0 bridgehead atoms. The van der Waals surface area contributed by atoms with Crippen LogP contribution in [0.2, 0.25) is 0 Å². The second-order valence-electron chi connectivity index (χ2n) is 7.04. The largest absolute Gasteiger partial charge is 0.490 e. The maximum absolute atomic E-state index is 14.7. The molecule has 2 aromatic carbocycles. The molecular weight excluding hydrogens is 430 g/mol. The topological polar surface area (TPSA) is 104 Å². The Hall–Kier alpha value is -3.63. The highest BCUT2D eigenvalue weighted by atomic mass is 19.4. The summed E-state index contributed by atoms with van der Waals surface area (Å²) in [6, 6.07) is 11.0. The number of aromatic nitrogens is 2. The summed E-state index contributed by atoms with van der Waals surface area (Å²) in [6.45, 7) is 1.92. The molecule has 0 radical (unpaired) electrons. The average molecular weight is 451 g/mol. The molecule has 32 heavy (non-hydrogen) atoms. The van der Waals surface area contributed by atoms with Gasteiger partial charge in [-0.05, 0) is 42.7 Å². The molecule has 11 heteroatoms. The number of fused-ring (bicyclic) bond motifs is 1. The maximum atomic E-state index is 14.7. The zero-order valence-corrected chi connectivity index (χ0v) is 17.1. The molecule has 4 N–H and O–H groups in total. The van der Waals surface area contributed by atoms with E-state index in [0.29, 0.717) is 16.9 Å². The molecule has 0 spiro atoms. The number of anilines is 3. The SMILES string of the molecule is CNc1nc(N)nc2cc(-c3c(F)cccc3N3CCCC3)ccc12.O=C(O)C(F)(F)F. The van der Waals surface area contributed by atoms with Crippen molar-refractivity contribution in [2.24, 2.45) is 0 Å². The monoisotopic (exact) mass is 451 g/mol. The van der Waals surface area contributed by atoms with E-state index in [1.807, 2.05) is 24.3 Å². The van der Waals surface area contributed by atoms with Crippen molar-refractivity contribution in [1.29, 1.82) is 0 Å². The minimum Gasteiger partial charge on any atom is -0.475 e. The average Bonchev–Trinajstić information content (AvgIpc) is 3.27. The summed E-state index contributed by atoms with van der Waals surface area (Å²) in [4.78, 5) is 19.7. The van der Waals surface area contributed by atoms with Crippen LogP contribution in [-0.4, -0.2) is 47.4 Å². The number of benzene rings is 2. The number of nitrogens with two attached hydrogens (primary N) is 1. The summed E-state index contributed by atoms with van der Waals surface area (Å²) < 4.78 is 46.5. The first-order chi connectivity index (χ1) is 15.1. The predicted molar refractivity (Wildman–Crippen MR) is 114 cm³/mol. The number of nitrogens with one attached hydrogen (secondary N) is 1. The number of alkyl halides is 3. The number of hydrogen-bond donors (Lipinski definition) is 3. The van der Waals surface area contributed by atoms with Gasteiger partial charge >= 0.3 is 12.1 Å². The molecular formula is C21H21F4N5O2. The van der Waals surface area contributed by atoms with Crippen molar-refractivity contribution in [3.63, 3.8) is 0 Å². The molecule has 170 valence electrons. The van der Waals surface area contributed by atoms with Crippen molar-refractivity contribution in [2.75, 3.05) is 36.1 Å². The van der Waals surface area contributed by atoms with Gasteiger partial charge in [0.15, 0.2) is 0 Å². The third kappa shape index (κ3) is 4.98. The summed E-state index contributed by atoms with van der Waals surface area (Å²) in [6.07, 6.45) is -2.80. The van der Waals surface area contributed by atoms with Crippen LogP contribution in [0.25, 0.3) is 22.0 Å². The predicted octanol–water partition coefficient (Wildman–Crippen LogP) is 4.29. The Morgan fingerprint density at radius 2 is 1.81 bits per heavy atom. The Bertz CT molecular complexity index is 1130. The van der Waals surface area contributed by atoms with E-state index in [9.17, 15) is 17.6 Å². The van der Waals surface area contributed by atoms with E-state index in [1.165, 1.54) is 6.07 Å². The van der Waals surface area contributed by atoms with Crippen LogP contribution >= 0.6 is 0 Å². The van der Waals surface area contributed by atoms with Crippen LogP contribution in [0, 0.1) is 5.82 Å². The number of rotatable bonds is 3. The zero-order valence-electron chi connectivity index (χ0n) is 17.1. The quantitative estimate of drug-likeness (QED) is 0.510. The van der Waals surface area contributed by atoms with Crippen LogP contribution in [0.15, 0.2) is 36.4 Å². The Morgan fingerprint density at radius 1 is 1.16 bits per heavy atom. The molecule has 1 aliphatic rings. The molecule has 3 aromatic rings. The van der Waals surface area contributed by atoms with Crippen LogP contribution in [0.4, 0.5) is 35.0 Å². The van der Waals surface area contributed by atoms with Gasteiger partial charge in [0.05, 0.1) is 5.52 Å². The first-order valence-corrected chi connectivity index (χ1v) is 9.70. The maximum Gasteiger partial charge on any atom is 0.490 e. The Morgan fingerprint density at radius 3 is 2.41 bits per heavy atom. The Kier molecular flexibility index (Phi) is 6.66. The first kappa shape index (κ1) is 23.0. The van der Waals surface area contributed by atoms with Gasteiger partial charge in [0, 0.05) is 36.8 Å². The number of carboxylic acid groups (broad SMARTS) is 1. The first-order valence-electron chi connectivity index (χ1n) is 9.70. The Labute approximate surface area is 180 Å². The van der Waals surface area contributed by atoms with Crippen molar-refractivity contribution in [2.45, 2.75) is 19.0 Å². The fourth-order valence-electron chi connectivity index (χ4n) is 3.51. The molecule has 0 saturated carbocycles. The molecule has 1 aromatic heterocycles. The number of carboxylic acids is 1. The van der Waals surface area contributed by atoms with Crippen LogP contribution in [0.5, 0.6) is 0 Å². The molecule has 4 rings (SSSR count). The smallest absolute Gasteiger partial charge is 0.475 e. The van der Waals surface area contributed by atoms with E-state index in [4.69, 9.17) is 15.6 Å². The normalized spacial score (nSPS) is 13.6. The van der Waals surface area contributed by atoms with Gasteiger partial charge in [-0.1, -0.05) is 12.1 Å². The number of carbonyl (C=O) groups is 1. The number of nitrogen functional groups attached to an aromatic ring is 1. The third-order valence-corrected chi connectivity index (χ3v) is 4.92. The second-order valence-corrected chi connectivity index (χ2v) is 7.04. The molecule has 1 aliphatic heterocycles. The van der Waals surface area contributed by atoms with E-state index in [0.717, 1.165) is 42.6 Å². The summed E-state index contributed by atoms with van der Waals surface area (Å²) in [5, 5.41) is 11.0. The van der Waals surface area contributed by atoms with Crippen molar-refractivity contribution in [3.05, 3.63) is 42.2 Å². The number of hydrogen-bond acceptors (Lipinski definition) is 6. The van der Waals surface area contributed by atoms with E-state index in [-0.39, 0.29) is 11.8 Å². The summed E-state index contributed by atoms with van der Waals surface area (Å²) >= 11 is 0. The number of aliphatic carboxylic acids is 1. The number of nitrogens with zero attached hydrogens (tertiary/aromatic N) is 3. The molecule has 2 heterocycles. The lowest BCUT2D eigenvalue weighted by atomic mass is 10.0. The van der Waals surface area contributed by atoms with E-state index in [2.05, 4.69) is 20.2 Å². The van der Waals surface area contributed by atoms with E-state index < -0.39 is 12.1 Å². The highest BCUT2D eigenvalue weighted by Crippen LogP contribution is 2.36. The van der Waals surface area contributed by atoms with Crippen LogP contribution < -0.4 is 16.0 Å². The van der Waals surface area contributed by atoms with Crippen molar-refractivity contribution in [3.8, 4) is 11.1 Å². The molecule has 1 fully saturated rings. The fraction of sp³-hybridized carbons (Fsp3) is 0.286. The van der Waals surface area contributed by atoms with Crippen molar-refractivity contribution in [1.82, 2.24) is 9.97 Å². The molecule has 7 nitrogen and oxygen atoms in total. The van der Waals surface area contributed by atoms with Crippen LogP contribution in [0.1, 0.15) is 12.8 Å². The van der Waals surface area contributed by atoms with Gasteiger partial charge in [0.1, 0.15) is 11.6 Å². The van der Waals surface area contributed by atoms with Gasteiger partial charge < -0.3 is 21.1 Å². The van der Waals surface area contributed by atoms with Gasteiger partial charge in [-0.3, -0.25) is 0 Å². The standard InChI is InChI=1S/C19H20FN5.C2HF3O2/c1-22-18-13-8-7-12(11-15(13)23-19(21)24-18)17-14(20)5-4-6-16(17)25-9-2-3-10-25;3-2(4,5)1(6)7/h4-8,11H,2-3,9-10H2,1H3,(H3,21,22,23,24);(H,6,7). The molecule has 1 saturated heterocycles. The minimum atomic E-state index is -5.08. The van der Waals surface area contributed by atoms with Crippen LogP contribution in [0.3, 0.4) is 0 Å². The highest BCUT2D eigenvalue weighted by molar-refractivity contribution is 5.94.